The molecule has 2 aromatic carbocycles. The summed E-state index contributed by atoms with van der Waals surface area (Å²) in [4.78, 5) is 23.0. The Bertz CT molecular complexity index is 702. The van der Waals surface area contributed by atoms with E-state index in [1.54, 1.807) is 24.3 Å². The number of rotatable bonds is 7. The second-order valence-corrected chi connectivity index (χ2v) is 5.80. The Morgan fingerprint density at radius 1 is 1.00 bits per heavy atom. The van der Waals surface area contributed by atoms with E-state index in [4.69, 9.17) is 11.6 Å². The van der Waals surface area contributed by atoms with Crippen LogP contribution in [0, 0.1) is 0 Å². The number of benzene rings is 2. The van der Waals surface area contributed by atoms with Crippen molar-refractivity contribution < 1.29 is 9.59 Å². The van der Waals surface area contributed by atoms with Crippen LogP contribution in [0.3, 0.4) is 0 Å². The summed E-state index contributed by atoms with van der Waals surface area (Å²) in [6.45, 7) is 2.36. The lowest BCUT2D eigenvalue weighted by Crippen LogP contribution is -2.29. The molecule has 0 saturated heterocycles. The maximum atomic E-state index is 11.9. The molecule has 2 rings (SSSR count). The van der Waals surface area contributed by atoms with Gasteiger partial charge in [0.2, 0.25) is 11.8 Å². The fourth-order valence-electron chi connectivity index (χ4n) is 2.17. The van der Waals surface area contributed by atoms with Crippen molar-refractivity contribution in [3.8, 4) is 0 Å². The number of amides is 2. The number of carbonyl (C=O) groups is 2. The summed E-state index contributed by atoms with van der Waals surface area (Å²) in [5, 5.41) is 9.29. The fraction of sp³-hybridized carbons (Fsp3) is 0.222. The summed E-state index contributed by atoms with van der Waals surface area (Å²) in [6, 6.07) is 14.7. The van der Waals surface area contributed by atoms with E-state index in [-0.39, 0.29) is 18.4 Å². The van der Waals surface area contributed by atoms with Gasteiger partial charge in [0.05, 0.1) is 6.54 Å². The van der Waals surface area contributed by atoms with Crippen LogP contribution in [0.5, 0.6) is 0 Å². The molecule has 2 amide bonds. The lowest BCUT2D eigenvalue weighted by Gasteiger charge is -2.09. The lowest BCUT2D eigenvalue weighted by molar-refractivity contribution is -0.115. The average Bonchev–Trinajstić information content (AvgIpc) is 2.53. The first kappa shape index (κ1) is 18.0. The summed E-state index contributed by atoms with van der Waals surface area (Å²) >= 11 is 5.84. The van der Waals surface area contributed by atoms with E-state index in [1.807, 2.05) is 24.3 Å². The fourth-order valence-corrected chi connectivity index (χ4v) is 2.29. The minimum atomic E-state index is -0.151. The van der Waals surface area contributed by atoms with Crippen LogP contribution in [-0.2, 0) is 16.0 Å². The first-order valence-corrected chi connectivity index (χ1v) is 8.03. The van der Waals surface area contributed by atoms with Gasteiger partial charge in [0.25, 0.3) is 0 Å². The molecule has 0 atom stereocenters. The monoisotopic (exact) mass is 345 g/mol. The van der Waals surface area contributed by atoms with Gasteiger partial charge in [-0.15, -0.1) is 0 Å². The number of anilines is 2. The second-order valence-electron chi connectivity index (χ2n) is 5.36. The van der Waals surface area contributed by atoms with E-state index in [0.717, 1.165) is 12.0 Å². The number of hydrogen-bond acceptors (Lipinski definition) is 3. The Kier molecular flexibility index (Phi) is 6.78. The van der Waals surface area contributed by atoms with Crippen LogP contribution in [0.15, 0.2) is 48.5 Å². The molecule has 24 heavy (non-hydrogen) atoms. The van der Waals surface area contributed by atoms with Crippen molar-refractivity contribution in [2.24, 2.45) is 0 Å². The highest BCUT2D eigenvalue weighted by Crippen LogP contribution is 2.14. The predicted octanol–water partition coefficient (Wildman–Crippen LogP) is 3.07. The van der Waals surface area contributed by atoms with Gasteiger partial charge in [-0.2, -0.15) is 0 Å². The maximum absolute atomic E-state index is 11.9. The van der Waals surface area contributed by atoms with E-state index in [0.29, 0.717) is 22.9 Å². The third kappa shape index (κ3) is 6.40. The summed E-state index contributed by atoms with van der Waals surface area (Å²) in [5.41, 5.74) is 2.46. The second kappa shape index (κ2) is 9.05. The van der Waals surface area contributed by atoms with Gasteiger partial charge in [-0.25, -0.2) is 0 Å². The van der Waals surface area contributed by atoms with Crippen LogP contribution in [0.1, 0.15) is 12.5 Å². The van der Waals surface area contributed by atoms with Crippen molar-refractivity contribution in [1.29, 1.82) is 0 Å². The van der Waals surface area contributed by atoms with Crippen LogP contribution in [0.2, 0.25) is 5.02 Å². The van der Waals surface area contributed by atoms with Gasteiger partial charge in [0.15, 0.2) is 0 Å². The van der Waals surface area contributed by atoms with Crippen molar-refractivity contribution in [1.82, 2.24) is 5.32 Å². The largest absolute Gasteiger partial charge is 0.326 e. The van der Waals surface area contributed by atoms with E-state index < -0.39 is 0 Å². The Hall–Kier alpha value is -2.37. The zero-order valence-electron chi connectivity index (χ0n) is 13.4. The molecular weight excluding hydrogens is 326 g/mol. The van der Waals surface area contributed by atoms with Crippen molar-refractivity contribution >= 4 is 34.8 Å². The lowest BCUT2D eigenvalue weighted by atomic mass is 10.1. The molecule has 0 aromatic heterocycles. The Morgan fingerprint density at radius 2 is 1.67 bits per heavy atom. The molecule has 0 fully saturated rings. The molecule has 0 unspecified atom stereocenters. The van der Waals surface area contributed by atoms with E-state index in [1.165, 1.54) is 6.92 Å². The quantitative estimate of drug-likeness (QED) is 0.675. The van der Waals surface area contributed by atoms with Crippen molar-refractivity contribution in [3.63, 3.8) is 0 Å². The van der Waals surface area contributed by atoms with Gasteiger partial charge in [-0.05, 0) is 48.9 Å². The standard InChI is InChI=1S/C18H20ClN3O2/c1-13(23)21-16-3-2-4-17(11-16)22-18(24)12-20-10-9-14-5-7-15(19)8-6-14/h2-8,11,20H,9-10,12H2,1H3,(H,21,23)(H,22,24). The molecule has 3 N–H and O–H groups in total. The minimum Gasteiger partial charge on any atom is -0.326 e. The zero-order chi connectivity index (χ0) is 17.4. The van der Waals surface area contributed by atoms with Gasteiger partial charge < -0.3 is 16.0 Å². The van der Waals surface area contributed by atoms with E-state index in [9.17, 15) is 9.59 Å². The zero-order valence-corrected chi connectivity index (χ0v) is 14.2. The summed E-state index contributed by atoms with van der Waals surface area (Å²) in [7, 11) is 0. The molecule has 0 spiro atoms. The minimum absolute atomic E-state index is 0.133. The average molecular weight is 346 g/mol. The topological polar surface area (TPSA) is 70.2 Å². The highest BCUT2D eigenvalue weighted by molar-refractivity contribution is 6.30. The first-order valence-electron chi connectivity index (χ1n) is 7.65. The third-order valence-corrected chi connectivity index (χ3v) is 3.51. The number of halogens is 1. The molecule has 0 aliphatic carbocycles. The van der Waals surface area contributed by atoms with Gasteiger partial charge in [0.1, 0.15) is 0 Å². The SMILES string of the molecule is CC(=O)Nc1cccc(NC(=O)CNCCc2ccc(Cl)cc2)c1. The third-order valence-electron chi connectivity index (χ3n) is 3.26. The van der Waals surface area contributed by atoms with Crippen LogP contribution in [0.4, 0.5) is 11.4 Å². The van der Waals surface area contributed by atoms with Crippen molar-refractivity contribution in [2.75, 3.05) is 23.7 Å². The van der Waals surface area contributed by atoms with Crippen LogP contribution in [0.25, 0.3) is 0 Å². The summed E-state index contributed by atoms with van der Waals surface area (Å²) in [6.07, 6.45) is 0.822. The van der Waals surface area contributed by atoms with Gasteiger partial charge in [0, 0.05) is 23.3 Å². The highest BCUT2D eigenvalue weighted by Gasteiger charge is 2.03. The van der Waals surface area contributed by atoms with Crippen LogP contribution >= 0.6 is 11.6 Å². The molecule has 0 bridgehead atoms. The van der Waals surface area contributed by atoms with Gasteiger partial charge in [-0.3, -0.25) is 9.59 Å². The van der Waals surface area contributed by atoms with Crippen molar-refractivity contribution in [2.45, 2.75) is 13.3 Å². The van der Waals surface area contributed by atoms with Crippen LogP contribution in [-0.4, -0.2) is 24.9 Å². The number of hydrogen-bond donors (Lipinski definition) is 3. The van der Waals surface area contributed by atoms with Gasteiger partial charge >= 0.3 is 0 Å². The normalized spacial score (nSPS) is 10.2. The first-order chi connectivity index (χ1) is 11.5. The molecule has 5 nitrogen and oxygen atoms in total. The van der Waals surface area contributed by atoms with E-state index >= 15 is 0 Å². The van der Waals surface area contributed by atoms with E-state index in [2.05, 4.69) is 16.0 Å². The number of nitrogens with one attached hydrogen (secondary N) is 3. The summed E-state index contributed by atoms with van der Waals surface area (Å²) < 4.78 is 0. The molecule has 0 radical (unpaired) electrons. The molecule has 126 valence electrons. The molecular formula is C18H20ClN3O2. The highest BCUT2D eigenvalue weighted by atomic mass is 35.5. The molecule has 2 aromatic rings. The number of carbonyl (C=O) groups excluding carboxylic acids is 2. The Balaban J connectivity index is 1.73. The molecule has 0 aliphatic heterocycles. The Labute approximate surface area is 146 Å². The maximum Gasteiger partial charge on any atom is 0.238 e. The molecule has 0 heterocycles. The Morgan fingerprint density at radius 3 is 2.33 bits per heavy atom. The smallest absolute Gasteiger partial charge is 0.238 e. The van der Waals surface area contributed by atoms with Crippen molar-refractivity contribution in [3.05, 3.63) is 59.1 Å². The molecule has 6 heteroatoms. The van der Waals surface area contributed by atoms with Crippen LogP contribution < -0.4 is 16.0 Å². The van der Waals surface area contributed by atoms with Gasteiger partial charge in [-0.1, -0.05) is 29.8 Å². The summed E-state index contributed by atoms with van der Waals surface area (Å²) in [5.74, 6) is -0.284. The molecule has 0 saturated carbocycles. The predicted molar refractivity (Wildman–Crippen MR) is 97.4 cm³/mol. The molecule has 0 aliphatic rings.